The molecule has 72 valence electrons. The third-order valence-electron chi connectivity index (χ3n) is 0.785. The SMILES string of the molecule is CC(=O)OCCOS(=O)(=O)CCl. The Morgan fingerprint density at radius 1 is 1.42 bits per heavy atom. The highest BCUT2D eigenvalue weighted by atomic mass is 35.5. The first-order chi connectivity index (χ1) is 5.48. The number of carbonyl (C=O) groups excluding carboxylic acids is 1. The molecule has 12 heavy (non-hydrogen) atoms. The van der Waals surface area contributed by atoms with Crippen molar-refractivity contribution in [3.63, 3.8) is 0 Å². The van der Waals surface area contributed by atoms with Gasteiger partial charge in [-0.15, -0.1) is 11.6 Å². The van der Waals surface area contributed by atoms with E-state index in [1.54, 1.807) is 0 Å². The predicted octanol–water partition coefficient (Wildman–Crippen LogP) is 0.0922. The third-order valence-corrected chi connectivity index (χ3v) is 2.38. The summed E-state index contributed by atoms with van der Waals surface area (Å²) in [4.78, 5) is 10.2. The van der Waals surface area contributed by atoms with Crippen LogP contribution in [0, 0.1) is 0 Å². The van der Waals surface area contributed by atoms with Crippen LogP contribution in [0.1, 0.15) is 6.92 Å². The molecular formula is C5H9ClO5S. The first-order valence-corrected chi connectivity index (χ1v) is 5.15. The summed E-state index contributed by atoms with van der Waals surface area (Å²) in [5.74, 6) is -0.484. The molecule has 0 saturated carbocycles. The van der Waals surface area contributed by atoms with Gasteiger partial charge in [-0.2, -0.15) is 8.42 Å². The molecule has 0 aliphatic rings. The standard InChI is InChI=1S/C5H9ClO5S/c1-5(7)10-2-3-11-12(8,9)4-6/h2-4H2,1H3. The second-order valence-corrected chi connectivity index (χ2v) is 4.05. The van der Waals surface area contributed by atoms with Crippen LogP contribution in [0.2, 0.25) is 0 Å². The normalized spacial score (nSPS) is 11.2. The second kappa shape index (κ2) is 5.34. The monoisotopic (exact) mass is 216 g/mol. The molecule has 7 heteroatoms. The molecule has 5 nitrogen and oxygen atoms in total. The highest BCUT2D eigenvalue weighted by molar-refractivity contribution is 7.87. The smallest absolute Gasteiger partial charge is 0.302 e. The van der Waals surface area contributed by atoms with Gasteiger partial charge in [-0.3, -0.25) is 8.98 Å². The Bertz CT molecular complexity index is 234. The van der Waals surface area contributed by atoms with E-state index >= 15 is 0 Å². The quantitative estimate of drug-likeness (QED) is 0.282. The molecule has 0 unspecified atom stereocenters. The van der Waals surface area contributed by atoms with Gasteiger partial charge in [-0.05, 0) is 0 Å². The van der Waals surface area contributed by atoms with Gasteiger partial charge in [0, 0.05) is 6.92 Å². The number of halogens is 1. The molecule has 0 aliphatic carbocycles. The van der Waals surface area contributed by atoms with Crippen molar-refractivity contribution >= 4 is 27.7 Å². The van der Waals surface area contributed by atoms with Crippen LogP contribution in [0.5, 0.6) is 0 Å². The number of hydrogen-bond donors (Lipinski definition) is 0. The number of carbonyl (C=O) groups is 1. The Hall–Kier alpha value is -0.330. The lowest BCUT2D eigenvalue weighted by atomic mass is 10.7. The zero-order valence-electron chi connectivity index (χ0n) is 6.45. The number of hydrogen-bond acceptors (Lipinski definition) is 5. The number of alkyl halides is 1. The van der Waals surface area contributed by atoms with E-state index in [-0.39, 0.29) is 13.2 Å². The minimum absolute atomic E-state index is 0.0918. The van der Waals surface area contributed by atoms with Gasteiger partial charge >= 0.3 is 5.97 Å². The molecule has 0 aliphatic heterocycles. The van der Waals surface area contributed by atoms with Crippen LogP contribution in [0.3, 0.4) is 0 Å². The maximum absolute atomic E-state index is 10.5. The fraction of sp³-hybridized carbons (Fsp3) is 0.800. The van der Waals surface area contributed by atoms with E-state index in [2.05, 4.69) is 8.92 Å². The Balaban J connectivity index is 3.51. The Labute approximate surface area is 75.7 Å². The maximum Gasteiger partial charge on any atom is 0.302 e. The van der Waals surface area contributed by atoms with Crippen molar-refractivity contribution in [3.8, 4) is 0 Å². The first-order valence-electron chi connectivity index (χ1n) is 3.04. The summed E-state index contributed by atoms with van der Waals surface area (Å²) >= 11 is 5.01. The van der Waals surface area contributed by atoms with E-state index in [1.165, 1.54) is 6.92 Å². The molecule has 0 heterocycles. The zero-order valence-corrected chi connectivity index (χ0v) is 8.02. The molecule has 0 radical (unpaired) electrons. The lowest BCUT2D eigenvalue weighted by Gasteiger charge is -2.02. The van der Waals surface area contributed by atoms with Crippen molar-refractivity contribution in [1.29, 1.82) is 0 Å². The molecule has 0 amide bonds. The van der Waals surface area contributed by atoms with Crippen LogP contribution in [0.4, 0.5) is 0 Å². The maximum atomic E-state index is 10.5. The van der Waals surface area contributed by atoms with Crippen LogP contribution in [-0.2, 0) is 23.8 Å². The van der Waals surface area contributed by atoms with Crippen LogP contribution < -0.4 is 0 Å². The van der Waals surface area contributed by atoms with E-state index in [1.807, 2.05) is 0 Å². The lowest BCUT2D eigenvalue weighted by molar-refractivity contribution is -0.141. The summed E-state index contributed by atoms with van der Waals surface area (Å²) in [5, 5.41) is -0.604. The number of rotatable bonds is 5. The summed E-state index contributed by atoms with van der Waals surface area (Å²) in [5.41, 5.74) is 0. The van der Waals surface area contributed by atoms with Crippen molar-refractivity contribution in [2.45, 2.75) is 6.92 Å². The number of ether oxygens (including phenoxy) is 1. The Morgan fingerprint density at radius 3 is 2.42 bits per heavy atom. The lowest BCUT2D eigenvalue weighted by Crippen LogP contribution is -2.13. The first kappa shape index (κ1) is 11.7. The molecule has 0 saturated heterocycles. The third kappa shape index (κ3) is 6.38. The summed E-state index contributed by atoms with van der Waals surface area (Å²) < 4.78 is 29.8. The summed E-state index contributed by atoms with van der Waals surface area (Å²) in [7, 11) is -3.64. The van der Waals surface area contributed by atoms with Gasteiger partial charge in [0.1, 0.15) is 18.4 Å². The molecule has 0 bridgehead atoms. The molecule has 0 N–H and O–H groups in total. The molecule has 0 aromatic carbocycles. The molecular weight excluding hydrogens is 208 g/mol. The van der Waals surface area contributed by atoms with Crippen LogP contribution in [0.15, 0.2) is 0 Å². The van der Waals surface area contributed by atoms with Gasteiger partial charge in [-0.1, -0.05) is 0 Å². The highest BCUT2D eigenvalue weighted by Gasteiger charge is 2.07. The fourth-order valence-electron chi connectivity index (χ4n) is 0.378. The Kier molecular flexibility index (Phi) is 5.19. The van der Waals surface area contributed by atoms with Gasteiger partial charge in [0.25, 0.3) is 10.1 Å². The van der Waals surface area contributed by atoms with Crippen LogP contribution in [-0.4, -0.2) is 32.8 Å². The van der Waals surface area contributed by atoms with E-state index in [0.29, 0.717) is 0 Å². The average Bonchev–Trinajstić information content (AvgIpc) is 1.98. The molecule has 0 rings (SSSR count). The fourth-order valence-corrected chi connectivity index (χ4v) is 0.952. The zero-order chi connectivity index (χ0) is 9.61. The molecule has 0 aromatic rings. The van der Waals surface area contributed by atoms with Crippen molar-refractivity contribution < 1.29 is 22.1 Å². The average molecular weight is 217 g/mol. The number of esters is 1. The van der Waals surface area contributed by atoms with E-state index in [4.69, 9.17) is 11.6 Å². The van der Waals surface area contributed by atoms with Crippen molar-refractivity contribution in [1.82, 2.24) is 0 Å². The second-order valence-electron chi connectivity index (χ2n) is 1.83. The predicted molar refractivity (Wildman–Crippen MR) is 42.2 cm³/mol. The van der Waals surface area contributed by atoms with Gasteiger partial charge in [0.2, 0.25) is 0 Å². The van der Waals surface area contributed by atoms with Gasteiger partial charge < -0.3 is 4.74 Å². The summed E-state index contributed by atoms with van der Waals surface area (Å²) in [6.07, 6.45) is 0. The molecule has 0 fully saturated rings. The van der Waals surface area contributed by atoms with Gasteiger partial charge in [0.15, 0.2) is 0 Å². The van der Waals surface area contributed by atoms with Crippen LogP contribution >= 0.6 is 11.6 Å². The van der Waals surface area contributed by atoms with Crippen molar-refractivity contribution in [2.75, 3.05) is 18.4 Å². The summed E-state index contributed by atoms with van der Waals surface area (Å²) in [6.45, 7) is 0.927. The van der Waals surface area contributed by atoms with E-state index < -0.39 is 21.3 Å². The van der Waals surface area contributed by atoms with Gasteiger partial charge in [-0.25, -0.2) is 0 Å². The van der Waals surface area contributed by atoms with Crippen molar-refractivity contribution in [2.24, 2.45) is 0 Å². The summed E-state index contributed by atoms with van der Waals surface area (Å²) in [6, 6.07) is 0. The van der Waals surface area contributed by atoms with E-state index in [0.717, 1.165) is 0 Å². The minimum atomic E-state index is -3.64. The van der Waals surface area contributed by atoms with Crippen LogP contribution in [0.25, 0.3) is 0 Å². The molecule has 0 atom stereocenters. The van der Waals surface area contributed by atoms with Gasteiger partial charge in [0.05, 0.1) is 0 Å². The molecule has 0 aromatic heterocycles. The van der Waals surface area contributed by atoms with Crippen molar-refractivity contribution in [3.05, 3.63) is 0 Å². The largest absolute Gasteiger partial charge is 0.463 e. The minimum Gasteiger partial charge on any atom is -0.463 e. The Morgan fingerprint density at radius 2 is 2.00 bits per heavy atom. The topological polar surface area (TPSA) is 69.7 Å². The van der Waals surface area contributed by atoms with E-state index in [9.17, 15) is 13.2 Å². The highest BCUT2D eigenvalue weighted by Crippen LogP contribution is 1.95. The molecule has 0 spiro atoms.